The second kappa shape index (κ2) is 10.1. The number of ether oxygens (including phenoxy) is 2. The predicted octanol–water partition coefficient (Wildman–Crippen LogP) is 3.11. The van der Waals surface area contributed by atoms with Crippen LogP contribution in [-0.4, -0.2) is 43.1 Å². The van der Waals surface area contributed by atoms with E-state index in [2.05, 4.69) is 15.0 Å². The molecule has 194 valence electrons. The van der Waals surface area contributed by atoms with Gasteiger partial charge in [0.1, 0.15) is 35.0 Å². The molecule has 0 N–H and O–H groups in total. The van der Waals surface area contributed by atoms with Crippen molar-refractivity contribution in [3.05, 3.63) is 69.5 Å². The lowest BCUT2D eigenvalue weighted by molar-refractivity contribution is -0.124. The summed E-state index contributed by atoms with van der Waals surface area (Å²) in [6.45, 7) is 8.10. The highest BCUT2D eigenvalue weighted by atomic mass is 16.5. The maximum Gasteiger partial charge on any atom is 0.332 e. The number of Topliss-reactive ketones (excluding diaryl/α,β-unsaturated/α-hetero) is 1. The van der Waals surface area contributed by atoms with Crippen LogP contribution in [-0.2, 0) is 21.6 Å². The van der Waals surface area contributed by atoms with Crippen molar-refractivity contribution >= 4 is 16.8 Å². The van der Waals surface area contributed by atoms with E-state index in [4.69, 9.17) is 13.9 Å². The Kier molecular flexibility index (Phi) is 7.08. The van der Waals surface area contributed by atoms with Gasteiger partial charge in [0.2, 0.25) is 5.89 Å². The molecule has 11 heteroatoms. The van der Waals surface area contributed by atoms with Gasteiger partial charge in [0, 0.05) is 6.20 Å². The molecule has 0 unspecified atom stereocenters. The average molecular weight is 508 g/mol. The third kappa shape index (κ3) is 4.82. The summed E-state index contributed by atoms with van der Waals surface area (Å²) in [5.74, 6) is 0.352. The van der Waals surface area contributed by atoms with Crippen LogP contribution in [0.5, 0.6) is 5.75 Å². The van der Waals surface area contributed by atoms with Crippen LogP contribution in [0.25, 0.3) is 22.6 Å². The number of aromatic nitrogens is 5. The summed E-state index contributed by atoms with van der Waals surface area (Å²) in [6.07, 6.45) is 3.54. The van der Waals surface area contributed by atoms with Crippen molar-refractivity contribution in [2.24, 2.45) is 0 Å². The molecule has 0 spiro atoms. The van der Waals surface area contributed by atoms with E-state index in [1.807, 2.05) is 13.8 Å². The zero-order valence-corrected chi connectivity index (χ0v) is 21.6. The van der Waals surface area contributed by atoms with E-state index < -0.39 is 22.9 Å². The first kappa shape index (κ1) is 26.0. The number of carbonyl (C=O) groups excluding carboxylic acids is 1. The zero-order valence-electron chi connectivity index (χ0n) is 21.6. The smallest absolute Gasteiger partial charge is 0.332 e. The SMILES string of the molecule is COc1cccnc1[C@H](Cn1c(=O)n(C(C)(C)C(C)=O)c(=O)c2nc(-c3ncco3)ccc21)OC(C)C. The number of fused-ring (bicyclic) bond motifs is 1. The molecule has 4 aromatic rings. The Morgan fingerprint density at radius 2 is 1.89 bits per heavy atom. The minimum atomic E-state index is -1.43. The number of hydrogen-bond donors (Lipinski definition) is 0. The maximum atomic E-state index is 13.9. The van der Waals surface area contributed by atoms with Crippen molar-refractivity contribution < 1.29 is 18.7 Å². The number of pyridine rings is 2. The molecule has 0 aliphatic carbocycles. The molecule has 0 saturated carbocycles. The van der Waals surface area contributed by atoms with E-state index in [0.717, 1.165) is 4.57 Å². The van der Waals surface area contributed by atoms with Crippen LogP contribution < -0.4 is 16.0 Å². The lowest BCUT2D eigenvalue weighted by Crippen LogP contribution is -2.52. The Bertz CT molecular complexity index is 1550. The fourth-order valence-corrected chi connectivity index (χ4v) is 4.04. The average Bonchev–Trinajstić information content (AvgIpc) is 3.40. The molecule has 4 aromatic heterocycles. The lowest BCUT2D eigenvalue weighted by Gasteiger charge is -2.27. The third-order valence-corrected chi connectivity index (χ3v) is 6.17. The second-order valence-electron chi connectivity index (χ2n) is 9.31. The minimum Gasteiger partial charge on any atom is -0.495 e. The van der Waals surface area contributed by atoms with Gasteiger partial charge in [0.15, 0.2) is 11.3 Å². The first-order valence-corrected chi connectivity index (χ1v) is 11.8. The quantitative estimate of drug-likeness (QED) is 0.335. The number of rotatable bonds is 9. The summed E-state index contributed by atoms with van der Waals surface area (Å²) in [4.78, 5) is 53.1. The van der Waals surface area contributed by atoms with Crippen LogP contribution in [0.15, 0.2) is 56.9 Å². The molecule has 4 heterocycles. The number of oxazole rings is 1. The molecule has 0 bridgehead atoms. The topological polar surface area (TPSA) is 131 Å². The number of ketones is 1. The van der Waals surface area contributed by atoms with E-state index in [1.54, 1.807) is 30.5 Å². The number of methoxy groups -OCH3 is 1. The van der Waals surface area contributed by atoms with Gasteiger partial charge in [0.05, 0.1) is 31.5 Å². The standard InChI is InChI=1S/C26H29N5O6/c1-15(2)37-20(22-19(35-6)8-7-11-27-22)14-30-18-10-9-17(23-28-12-13-36-23)29-21(18)24(33)31(25(30)34)26(4,5)16(3)32/h7-13,15,20H,14H2,1-6H3/t20-/m0/s1. The minimum absolute atomic E-state index is 0.0130. The van der Waals surface area contributed by atoms with Gasteiger partial charge < -0.3 is 13.9 Å². The third-order valence-electron chi connectivity index (χ3n) is 6.17. The van der Waals surface area contributed by atoms with Crippen LogP contribution >= 0.6 is 0 Å². The number of hydrogen-bond acceptors (Lipinski definition) is 9. The van der Waals surface area contributed by atoms with E-state index in [-0.39, 0.29) is 35.4 Å². The maximum absolute atomic E-state index is 13.9. The van der Waals surface area contributed by atoms with Crippen LogP contribution in [0.3, 0.4) is 0 Å². The molecule has 0 aromatic carbocycles. The van der Waals surface area contributed by atoms with Crippen LogP contribution in [0, 0.1) is 0 Å². The molecule has 0 fully saturated rings. The molecule has 0 radical (unpaired) electrons. The van der Waals surface area contributed by atoms with E-state index in [0.29, 0.717) is 17.1 Å². The monoisotopic (exact) mass is 507 g/mol. The highest BCUT2D eigenvalue weighted by molar-refractivity contribution is 5.84. The van der Waals surface area contributed by atoms with Gasteiger partial charge in [-0.1, -0.05) is 0 Å². The zero-order chi connectivity index (χ0) is 26.9. The summed E-state index contributed by atoms with van der Waals surface area (Å²) in [6, 6.07) is 6.71. The van der Waals surface area contributed by atoms with Crippen LogP contribution in [0.2, 0.25) is 0 Å². The molecule has 0 amide bonds. The van der Waals surface area contributed by atoms with Crippen molar-refractivity contribution in [1.29, 1.82) is 0 Å². The van der Waals surface area contributed by atoms with Gasteiger partial charge in [-0.15, -0.1) is 0 Å². The van der Waals surface area contributed by atoms with E-state index in [1.165, 1.54) is 44.9 Å². The summed E-state index contributed by atoms with van der Waals surface area (Å²) >= 11 is 0. The van der Waals surface area contributed by atoms with Crippen molar-refractivity contribution in [3.8, 4) is 17.3 Å². The molecule has 1 atom stereocenters. The molecular weight excluding hydrogens is 478 g/mol. The van der Waals surface area contributed by atoms with Gasteiger partial charge in [-0.2, -0.15) is 0 Å². The van der Waals surface area contributed by atoms with E-state index >= 15 is 0 Å². The van der Waals surface area contributed by atoms with Gasteiger partial charge in [-0.25, -0.2) is 19.3 Å². The van der Waals surface area contributed by atoms with Crippen molar-refractivity contribution in [1.82, 2.24) is 24.1 Å². The number of carbonyl (C=O) groups is 1. The summed E-state index contributed by atoms with van der Waals surface area (Å²) in [5, 5.41) is 0. The second-order valence-corrected chi connectivity index (χ2v) is 9.31. The summed E-state index contributed by atoms with van der Waals surface area (Å²) in [7, 11) is 1.53. The highest BCUT2D eigenvalue weighted by Crippen LogP contribution is 2.29. The Labute approximate surface area is 212 Å². The summed E-state index contributed by atoms with van der Waals surface area (Å²) < 4.78 is 19.3. The highest BCUT2D eigenvalue weighted by Gasteiger charge is 2.33. The van der Waals surface area contributed by atoms with E-state index in [9.17, 15) is 14.4 Å². The normalized spacial score (nSPS) is 12.7. The largest absolute Gasteiger partial charge is 0.495 e. The van der Waals surface area contributed by atoms with Gasteiger partial charge in [-0.3, -0.25) is 19.1 Å². The van der Waals surface area contributed by atoms with Gasteiger partial charge >= 0.3 is 5.69 Å². The van der Waals surface area contributed by atoms with Crippen molar-refractivity contribution in [3.63, 3.8) is 0 Å². The summed E-state index contributed by atoms with van der Waals surface area (Å²) in [5.41, 5.74) is -1.73. The first-order chi connectivity index (χ1) is 17.6. The van der Waals surface area contributed by atoms with Gasteiger partial charge in [0.25, 0.3) is 5.56 Å². The molecule has 4 rings (SSSR count). The molecule has 11 nitrogen and oxygen atoms in total. The number of nitrogens with zero attached hydrogens (tertiary/aromatic N) is 5. The Hall–Kier alpha value is -4.12. The lowest BCUT2D eigenvalue weighted by atomic mass is 10.00. The Morgan fingerprint density at radius 1 is 1.14 bits per heavy atom. The van der Waals surface area contributed by atoms with Crippen LogP contribution in [0.1, 0.15) is 46.4 Å². The Balaban J connectivity index is 2.01. The molecule has 37 heavy (non-hydrogen) atoms. The molecular formula is C26H29N5O6. The molecule has 0 saturated heterocycles. The first-order valence-electron chi connectivity index (χ1n) is 11.8. The molecule has 0 aliphatic rings. The van der Waals surface area contributed by atoms with Gasteiger partial charge in [-0.05, 0) is 58.9 Å². The fourth-order valence-electron chi connectivity index (χ4n) is 4.04. The Morgan fingerprint density at radius 3 is 2.51 bits per heavy atom. The fraction of sp³-hybridized carbons (Fsp3) is 0.385. The van der Waals surface area contributed by atoms with Crippen LogP contribution in [0.4, 0.5) is 0 Å². The van der Waals surface area contributed by atoms with Crippen molar-refractivity contribution in [2.75, 3.05) is 7.11 Å². The van der Waals surface area contributed by atoms with Crippen molar-refractivity contribution in [2.45, 2.75) is 58.9 Å². The predicted molar refractivity (Wildman–Crippen MR) is 136 cm³/mol. The molecule has 0 aliphatic heterocycles.